The number of imidazole rings is 1. The standard InChI is InChI=1S/C15H18N4O2/c20-8-15-5-1-2-12(15)19(7-6-15)14(21)11-4-3-10-13(18-11)17-9-16-10/h3-4,9,12,20H,1-2,5-8H2,(H,16,17,18)/t12-,15-/m1/s1. The van der Waals surface area contributed by atoms with Crippen LogP contribution in [0.4, 0.5) is 0 Å². The fraction of sp³-hybridized carbons (Fsp3) is 0.533. The van der Waals surface area contributed by atoms with Crippen molar-refractivity contribution in [3.63, 3.8) is 0 Å². The van der Waals surface area contributed by atoms with Gasteiger partial charge in [0.05, 0.1) is 18.5 Å². The third-order valence-corrected chi connectivity index (χ3v) is 5.16. The molecule has 21 heavy (non-hydrogen) atoms. The third kappa shape index (κ3) is 1.78. The van der Waals surface area contributed by atoms with Crippen molar-refractivity contribution in [3.05, 3.63) is 24.2 Å². The van der Waals surface area contributed by atoms with E-state index in [1.807, 2.05) is 11.0 Å². The van der Waals surface area contributed by atoms with Gasteiger partial charge in [0, 0.05) is 18.0 Å². The molecule has 2 atom stereocenters. The molecule has 1 aliphatic heterocycles. The molecule has 6 nitrogen and oxygen atoms in total. The molecule has 0 aromatic carbocycles. The number of carbonyl (C=O) groups is 1. The molecular formula is C15H18N4O2. The number of aliphatic hydroxyl groups is 1. The van der Waals surface area contributed by atoms with Gasteiger partial charge in [0.15, 0.2) is 5.65 Å². The Kier molecular flexibility index (Phi) is 2.75. The second-order valence-electron chi connectivity index (χ2n) is 6.15. The Balaban J connectivity index is 1.65. The van der Waals surface area contributed by atoms with E-state index in [1.54, 1.807) is 12.4 Å². The minimum atomic E-state index is -0.0773. The maximum absolute atomic E-state index is 12.8. The molecule has 1 amide bonds. The predicted octanol–water partition coefficient (Wildman–Crippen LogP) is 1.33. The summed E-state index contributed by atoms with van der Waals surface area (Å²) >= 11 is 0. The average molecular weight is 286 g/mol. The molecule has 2 aliphatic rings. The Labute approximate surface area is 122 Å². The van der Waals surface area contributed by atoms with E-state index in [1.165, 1.54) is 0 Å². The molecule has 0 unspecified atom stereocenters. The minimum Gasteiger partial charge on any atom is -0.396 e. The van der Waals surface area contributed by atoms with Crippen molar-refractivity contribution in [2.75, 3.05) is 13.2 Å². The van der Waals surface area contributed by atoms with E-state index < -0.39 is 0 Å². The van der Waals surface area contributed by atoms with Gasteiger partial charge < -0.3 is 15.0 Å². The lowest BCUT2D eigenvalue weighted by Crippen LogP contribution is -2.41. The first-order chi connectivity index (χ1) is 10.2. The summed E-state index contributed by atoms with van der Waals surface area (Å²) in [6.45, 7) is 0.887. The number of hydrogen-bond acceptors (Lipinski definition) is 4. The highest BCUT2D eigenvalue weighted by molar-refractivity contribution is 5.94. The summed E-state index contributed by atoms with van der Waals surface area (Å²) in [7, 11) is 0. The van der Waals surface area contributed by atoms with E-state index >= 15 is 0 Å². The highest BCUT2D eigenvalue weighted by Crippen LogP contribution is 2.48. The summed E-state index contributed by atoms with van der Waals surface area (Å²) in [6.07, 6.45) is 5.56. The SMILES string of the molecule is O=C(c1ccc2[nH]cnc2n1)N1CC[C@@]2(CO)CCC[C@@H]12. The topological polar surface area (TPSA) is 82.1 Å². The number of pyridine rings is 1. The number of amides is 1. The van der Waals surface area contributed by atoms with Crippen molar-refractivity contribution in [2.24, 2.45) is 5.41 Å². The predicted molar refractivity (Wildman–Crippen MR) is 76.7 cm³/mol. The molecule has 110 valence electrons. The van der Waals surface area contributed by atoms with Crippen LogP contribution >= 0.6 is 0 Å². The second kappa shape index (κ2) is 4.53. The molecule has 2 aromatic rings. The van der Waals surface area contributed by atoms with Crippen molar-refractivity contribution < 1.29 is 9.90 Å². The zero-order chi connectivity index (χ0) is 14.4. The van der Waals surface area contributed by atoms with Gasteiger partial charge in [-0.3, -0.25) is 4.79 Å². The third-order valence-electron chi connectivity index (χ3n) is 5.16. The number of fused-ring (bicyclic) bond motifs is 2. The molecule has 1 saturated carbocycles. The van der Waals surface area contributed by atoms with Crippen molar-refractivity contribution in [1.82, 2.24) is 19.9 Å². The van der Waals surface area contributed by atoms with Crippen molar-refractivity contribution >= 4 is 17.1 Å². The largest absolute Gasteiger partial charge is 0.396 e. The molecular weight excluding hydrogens is 268 g/mol. The van der Waals surface area contributed by atoms with Crippen molar-refractivity contribution in [1.29, 1.82) is 0 Å². The molecule has 3 heterocycles. The van der Waals surface area contributed by atoms with Gasteiger partial charge in [0.1, 0.15) is 5.69 Å². The minimum absolute atomic E-state index is 0.0397. The lowest BCUT2D eigenvalue weighted by atomic mass is 9.83. The van der Waals surface area contributed by atoms with Crippen LogP contribution in [0.5, 0.6) is 0 Å². The quantitative estimate of drug-likeness (QED) is 0.872. The number of rotatable bonds is 2. The van der Waals surface area contributed by atoms with Crippen LogP contribution < -0.4 is 0 Å². The van der Waals surface area contributed by atoms with Gasteiger partial charge in [-0.05, 0) is 31.4 Å². The first-order valence-corrected chi connectivity index (χ1v) is 7.45. The van der Waals surface area contributed by atoms with Gasteiger partial charge in [-0.25, -0.2) is 9.97 Å². The number of nitrogens with zero attached hydrogens (tertiary/aromatic N) is 3. The maximum atomic E-state index is 12.8. The Bertz CT molecular complexity index is 698. The van der Waals surface area contributed by atoms with Crippen molar-refractivity contribution in [2.45, 2.75) is 31.7 Å². The highest BCUT2D eigenvalue weighted by Gasteiger charge is 2.51. The number of hydrogen-bond donors (Lipinski definition) is 2. The zero-order valence-electron chi connectivity index (χ0n) is 11.7. The van der Waals surface area contributed by atoms with Gasteiger partial charge in [-0.2, -0.15) is 0 Å². The molecule has 2 aromatic heterocycles. The van der Waals surface area contributed by atoms with Crippen LogP contribution in [0.2, 0.25) is 0 Å². The molecule has 4 rings (SSSR count). The van der Waals surface area contributed by atoms with Crippen LogP contribution in [0, 0.1) is 5.41 Å². The molecule has 6 heteroatoms. The fourth-order valence-corrected chi connectivity index (χ4v) is 3.99. The highest BCUT2D eigenvalue weighted by atomic mass is 16.3. The lowest BCUT2D eigenvalue weighted by Gasteiger charge is -2.30. The van der Waals surface area contributed by atoms with Gasteiger partial charge in [0.25, 0.3) is 5.91 Å². The summed E-state index contributed by atoms with van der Waals surface area (Å²) in [5.74, 6) is -0.0397. The smallest absolute Gasteiger partial charge is 0.272 e. The van der Waals surface area contributed by atoms with E-state index in [0.717, 1.165) is 31.2 Å². The average Bonchev–Trinajstić information content (AvgIpc) is 3.20. The number of aliphatic hydroxyl groups excluding tert-OH is 1. The van der Waals surface area contributed by atoms with Crippen LogP contribution in [0.15, 0.2) is 18.5 Å². The van der Waals surface area contributed by atoms with Crippen LogP contribution in [-0.2, 0) is 0 Å². The van der Waals surface area contributed by atoms with E-state index in [-0.39, 0.29) is 24.0 Å². The zero-order valence-corrected chi connectivity index (χ0v) is 11.7. The second-order valence-corrected chi connectivity index (χ2v) is 6.15. The number of carbonyl (C=O) groups excluding carboxylic acids is 1. The summed E-state index contributed by atoms with van der Waals surface area (Å²) in [6, 6.07) is 3.75. The van der Waals surface area contributed by atoms with Crippen LogP contribution in [-0.4, -0.2) is 50.1 Å². The molecule has 0 bridgehead atoms. The first-order valence-electron chi connectivity index (χ1n) is 7.45. The molecule has 1 saturated heterocycles. The molecule has 2 fully saturated rings. The summed E-state index contributed by atoms with van der Waals surface area (Å²) in [5, 5.41) is 9.74. The number of aromatic amines is 1. The number of aromatic nitrogens is 3. The Hall–Kier alpha value is -1.95. The van der Waals surface area contributed by atoms with Gasteiger partial charge in [-0.15, -0.1) is 0 Å². The first kappa shape index (κ1) is 12.8. The number of nitrogens with one attached hydrogen (secondary N) is 1. The molecule has 1 aliphatic carbocycles. The van der Waals surface area contributed by atoms with E-state index in [0.29, 0.717) is 17.9 Å². The van der Waals surface area contributed by atoms with Gasteiger partial charge >= 0.3 is 0 Å². The van der Waals surface area contributed by atoms with Crippen LogP contribution in [0.3, 0.4) is 0 Å². The summed E-state index contributed by atoms with van der Waals surface area (Å²) in [5.41, 5.74) is 1.76. The van der Waals surface area contributed by atoms with Gasteiger partial charge in [-0.1, -0.05) is 6.42 Å². The fourth-order valence-electron chi connectivity index (χ4n) is 3.99. The van der Waals surface area contributed by atoms with E-state index in [2.05, 4.69) is 15.0 Å². The van der Waals surface area contributed by atoms with Crippen LogP contribution in [0.1, 0.15) is 36.2 Å². The number of H-pyrrole nitrogens is 1. The van der Waals surface area contributed by atoms with Crippen molar-refractivity contribution in [3.8, 4) is 0 Å². The molecule has 2 N–H and O–H groups in total. The van der Waals surface area contributed by atoms with E-state index in [4.69, 9.17) is 0 Å². The monoisotopic (exact) mass is 286 g/mol. The summed E-state index contributed by atoms with van der Waals surface area (Å²) < 4.78 is 0. The Morgan fingerprint density at radius 2 is 2.38 bits per heavy atom. The van der Waals surface area contributed by atoms with Crippen LogP contribution in [0.25, 0.3) is 11.2 Å². The molecule has 0 spiro atoms. The van der Waals surface area contributed by atoms with Gasteiger partial charge in [0.2, 0.25) is 0 Å². The normalized spacial score (nSPS) is 28.2. The molecule has 0 radical (unpaired) electrons. The maximum Gasteiger partial charge on any atom is 0.272 e. The van der Waals surface area contributed by atoms with E-state index in [9.17, 15) is 9.90 Å². The lowest BCUT2D eigenvalue weighted by molar-refractivity contribution is 0.0619. The number of likely N-dealkylation sites (tertiary alicyclic amines) is 1. The summed E-state index contributed by atoms with van der Waals surface area (Å²) in [4.78, 5) is 26.1. The Morgan fingerprint density at radius 3 is 3.24 bits per heavy atom. The Morgan fingerprint density at radius 1 is 1.48 bits per heavy atom.